The molecule has 4 nitrogen and oxygen atoms in total. The Morgan fingerprint density at radius 1 is 1.47 bits per heavy atom. The molecule has 17 heavy (non-hydrogen) atoms. The second-order valence-corrected chi connectivity index (χ2v) is 4.05. The molecular weight excluding hydrogens is 221 g/mol. The Balaban J connectivity index is 2.40. The van der Waals surface area contributed by atoms with Crippen molar-refractivity contribution >= 4 is 0 Å². The molecule has 0 aliphatic rings. The van der Waals surface area contributed by atoms with Crippen molar-refractivity contribution in [3.8, 4) is 11.5 Å². The van der Waals surface area contributed by atoms with Gasteiger partial charge in [0, 0.05) is 18.0 Å². The molecule has 2 N–H and O–H groups in total. The minimum atomic E-state index is -0.322. The Hall–Kier alpha value is -1.75. The molecule has 1 aromatic carbocycles. The van der Waals surface area contributed by atoms with E-state index >= 15 is 0 Å². The van der Waals surface area contributed by atoms with Gasteiger partial charge in [-0.15, -0.1) is 0 Å². The lowest BCUT2D eigenvalue weighted by atomic mass is 10.1. The zero-order valence-electron chi connectivity index (χ0n) is 9.77. The topological polar surface area (TPSA) is 64.9 Å². The van der Waals surface area contributed by atoms with Gasteiger partial charge in [-0.1, -0.05) is 18.1 Å². The summed E-state index contributed by atoms with van der Waals surface area (Å²) in [6, 6.07) is 4.47. The van der Waals surface area contributed by atoms with E-state index in [1.807, 2.05) is 13.8 Å². The van der Waals surface area contributed by atoms with E-state index in [2.05, 4.69) is 10.1 Å². The Labute approximate surface area is 98.6 Å². The third kappa shape index (κ3) is 2.34. The summed E-state index contributed by atoms with van der Waals surface area (Å²) in [6.45, 7) is 4.22. The van der Waals surface area contributed by atoms with E-state index < -0.39 is 0 Å². The number of aryl methyl sites for hydroxylation is 1. The van der Waals surface area contributed by atoms with E-state index in [4.69, 9.17) is 10.3 Å². The van der Waals surface area contributed by atoms with Crippen LogP contribution in [0.15, 0.2) is 22.7 Å². The first-order valence-corrected chi connectivity index (χ1v) is 5.42. The molecule has 1 heterocycles. The smallest absolute Gasteiger partial charge is 0.258 e. The second-order valence-electron chi connectivity index (χ2n) is 4.05. The van der Waals surface area contributed by atoms with Crippen molar-refractivity contribution in [1.29, 1.82) is 0 Å². The van der Waals surface area contributed by atoms with Crippen LogP contribution in [0.2, 0.25) is 0 Å². The lowest BCUT2D eigenvalue weighted by Crippen LogP contribution is -2.10. The molecule has 1 aromatic heterocycles. The molecule has 0 aliphatic carbocycles. The number of halogens is 1. The van der Waals surface area contributed by atoms with Crippen molar-refractivity contribution in [3.05, 3.63) is 35.4 Å². The molecule has 90 valence electrons. The van der Waals surface area contributed by atoms with Gasteiger partial charge in [0.1, 0.15) is 5.82 Å². The van der Waals surface area contributed by atoms with E-state index in [0.29, 0.717) is 23.8 Å². The minimum Gasteiger partial charge on any atom is -0.334 e. The molecule has 0 amide bonds. The van der Waals surface area contributed by atoms with Gasteiger partial charge in [-0.3, -0.25) is 0 Å². The molecule has 1 unspecified atom stereocenters. The van der Waals surface area contributed by atoms with E-state index in [9.17, 15) is 4.39 Å². The van der Waals surface area contributed by atoms with Crippen molar-refractivity contribution < 1.29 is 8.91 Å². The Morgan fingerprint density at radius 2 is 2.24 bits per heavy atom. The van der Waals surface area contributed by atoms with Crippen molar-refractivity contribution in [2.45, 2.75) is 19.8 Å². The summed E-state index contributed by atoms with van der Waals surface area (Å²) < 4.78 is 18.3. The van der Waals surface area contributed by atoms with Crippen molar-refractivity contribution in [3.63, 3.8) is 0 Å². The number of hydrogen-bond donors (Lipinski definition) is 1. The van der Waals surface area contributed by atoms with E-state index in [1.165, 1.54) is 12.1 Å². The van der Waals surface area contributed by atoms with Gasteiger partial charge in [0.25, 0.3) is 5.89 Å². The largest absolute Gasteiger partial charge is 0.334 e. The lowest BCUT2D eigenvalue weighted by Gasteiger charge is -2.00. The summed E-state index contributed by atoms with van der Waals surface area (Å²) in [4.78, 5) is 4.23. The molecule has 0 fully saturated rings. The van der Waals surface area contributed by atoms with Crippen LogP contribution in [0.25, 0.3) is 11.5 Å². The van der Waals surface area contributed by atoms with E-state index in [1.54, 1.807) is 6.07 Å². The molecule has 0 saturated carbocycles. The molecule has 5 heteroatoms. The SMILES string of the molecule is Cc1ccc(F)cc1-c1nc(C(C)CN)no1. The Bertz CT molecular complexity index is 524. The van der Waals surface area contributed by atoms with Crippen molar-refractivity contribution in [1.82, 2.24) is 10.1 Å². The number of aromatic nitrogens is 2. The first-order valence-electron chi connectivity index (χ1n) is 5.42. The molecule has 0 radical (unpaired) electrons. The van der Waals surface area contributed by atoms with Gasteiger partial charge < -0.3 is 10.3 Å². The fraction of sp³-hybridized carbons (Fsp3) is 0.333. The zero-order valence-corrected chi connectivity index (χ0v) is 9.77. The number of nitrogens with zero attached hydrogens (tertiary/aromatic N) is 2. The van der Waals surface area contributed by atoms with Gasteiger partial charge >= 0.3 is 0 Å². The van der Waals surface area contributed by atoms with Crippen LogP contribution in [0.5, 0.6) is 0 Å². The first kappa shape index (κ1) is 11.7. The molecule has 0 bridgehead atoms. The average molecular weight is 235 g/mol. The molecule has 2 aromatic rings. The highest BCUT2D eigenvalue weighted by Gasteiger charge is 2.15. The van der Waals surface area contributed by atoms with Crippen LogP contribution in [-0.2, 0) is 0 Å². The van der Waals surface area contributed by atoms with Crippen LogP contribution in [0.1, 0.15) is 24.2 Å². The summed E-state index contributed by atoms with van der Waals surface area (Å²) in [5.74, 6) is 0.585. The van der Waals surface area contributed by atoms with Crippen LogP contribution in [0.3, 0.4) is 0 Å². The highest BCUT2D eigenvalue weighted by molar-refractivity contribution is 5.58. The average Bonchev–Trinajstić information content (AvgIpc) is 2.80. The summed E-state index contributed by atoms with van der Waals surface area (Å²) >= 11 is 0. The maximum Gasteiger partial charge on any atom is 0.258 e. The molecule has 0 saturated heterocycles. The Morgan fingerprint density at radius 3 is 2.94 bits per heavy atom. The van der Waals surface area contributed by atoms with Crippen LogP contribution in [-0.4, -0.2) is 16.7 Å². The fourth-order valence-corrected chi connectivity index (χ4v) is 1.47. The predicted octanol–water partition coefficient (Wildman–Crippen LogP) is 2.25. The normalized spacial score (nSPS) is 12.7. The monoisotopic (exact) mass is 235 g/mol. The minimum absolute atomic E-state index is 0.0290. The number of hydrogen-bond acceptors (Lipinski definition) is 4. The van der Waals surface area contributed by atoms with Gasteiger partial charge in [0.15, 0.2) is 5.82 Å². The fourth-order valence-electron chi connectivity index (χ4n) is 1.47. The summed E-state index contributed by atoms with van der Waals surface area (Å²) in [5, 5.41) is 3.85. The third-order valence-electron chi connectivity index (χ3n) is 2.67. The third-order valence-corrected chi connectivity index (χ3v) is 2.67. The van der Waals surface area contributed by atoms with Crippen LogP contribution >= 0.6 is 0 Å². The standard InChI is InChI=1S/C12H14FN3O/c1-7-3-4-9(13)5-10(7)12-15-11(16-17-12)8(2)6-14/h3-5,8H,6,14H2,1-2H3. The summed E-state index contributed by atoms with van der Waals surface area (Å²) in [7, 11) is 0. The van der Waals surface area contributed by atoms with Crippen LogP contribution < -0.4 is 5.73 Å². The molecule has 1 atom stereocenters. The van der Waals surface area contributed by atoms with Gasteiger partial charge in [-0.05, 0) is 24.6 Å². The van der Waals surface area contributed by atoms with Crippen molar-refractivity contribution in [2.75, 3.05) is 6.54 Å². The Kier molecular flexibility index (Phi) is 3.19. The zero-order chi connectivity index (χ0) is 12.4. The maximum absolute atomic E-state index is 13.2. The first-order chi connectivity index (χ1) is 8.11. The second kappa shape index (κ2) is 4.63. The number of rotatable bonds is 3. The number of nitrogens with two attached hydrogens (primary N) is 1. The number of benzene rings is 1. The van der Waals surface area contributed by atoms with Crippen LogP contribution in [0, 0.1) is 12.7 Å². The maximum atomic E-state index is 13.2. The molecular formula is C12H14FN3O. The predicted molar refractivity (Wildman–Crippen MR) is 61.9 cm³/mol. The molecule has 0 aliphatic heterocycles. The quantitative estimate of drug-likeness (QED) is 0.886. The molecule has 0 spiro atoms. The highest BCUT2D eigenvalue weighted by Crippen LogP contribution is 2.23. The van der Waals surface area contributed by atoms with Gasteiger partial charge in [0.2, 0.25) is 0 Å². The molecule has 2 rings (SSSR count). The summed E-state index contributed by atoms with van der Waals surface area (Å²) in [6.07, 6.45) is 0. The van der Waals surface area contributed by atoms with Gasteiger partial charge in [-0.25, -0.2) is 4.39 Å². The van der Waals surface area contributed by atoms with Gasteiger partial charge in [0.05, 0.1) is 0 Å². The van der Waals surface area contributed by atoms with Crippen molar-refractivity contribution in [2.24, 2.45) is 5.73 Å². The van der Waals surface area contributed by atoms with E-state index in [0.717, 1.165) is 5.56 Å². The van der Waals surface area contributed by atoms with Crippen LogP contribution in [0.4, 0.5) is 4.39 Å². The summed E-state index contributed by atoms with van der Waals surface area (Å²) in [5.41, 5.74) is 7.03. The lowest BCUT2D eigenvalue weighted by molar-refractivity contribution is 0.417. The van der Waals surface area contributed by atoms with Gasteiger partial charge in [-0.2, -0.15) is 4.98 Å². The highest BCUT2D eigenvalue weighted by atomic mass is 19.1. The van der Waals surface area contributed by atoms with E-state index in [-0.39, 0.29) is 11.7 Å².